The average Bonchev–Trinajstić information content (AvgIpc) is 2.79. The van der Waals surface area contributed by atoms with Crippen LogP contribution in [0.15, 0.2) is 12.2 Å². The summed E-state index contributed by atoms with van der Waals surface area (Å²) in [7, 11) is 0. The molecule has 3 aliphatic rings. The van der Waals surface area contributed by atoms with E-state index in [0.29, 0.717) is 13.2 Å². The van der Waals surface area contributed by atoms with Gasteiger partial charge in [-0.2, -0.15) is 0 Å². The summed E-state index contributed by atoms with van der Waals surface area (Å²) in [6.07, 6.45) is 12.4. The van der Waals surface area contributed by atoms with Crippen LogP contribution in [0.1, 0.15) is 64.2 Å². The summed E-state index contributed by atoms with van der Waals surface area (Å²) in [4.78, 5) is 28.6. The molecule has 0 aromatic rings. The normalized spacial score (nSPS) is 24.0. The van der Waals surface area contributed by atoms with Crippen molar-refractivity contribution < 1.29 is 19.4 Å². The van der Waals surface area contributed by atoms with Gasteiger partial charge in [0, 0.05) is 38.3 Å². The number of nitrogens with one attached hydrogen (secondary N) is 2. The van der Waals surface area contributed by atoms with Gasteiger partial charge in [-0.15, -0.1) is 24.8 Å². The number of ether oxygens (including phenoxy) is 1. The van der Waals surface area contributed by atoms with Gasteiger partial charge in [-0.1, -0.05) is 12.2 Å². The number of hydrogen-bond acceptors (Lipinski definition) is 5. The van der Waals surface area contributed by atoms with Gasteiger partial charge in [0.25, 0.3) is 0 Å². The van der Waals surface area contributed by atoms with E-state index in [-0.39, 0.29) is 61.3 Å². The lowest BCUT2D eigenvalue weighted by molar-refractivity contribution is -0.145. The first kappa shape index (κ1) is 30.5. The number of allylic oxidation sites excluding steroid dienone is 1. The third-order valence-electron chi connectivity index (χ3n) is 6.88. The van der Waals surface area contributed by atoms with Crippen molar-refractivity contribution in [2.45, 2.75) is 88.4 Å². The van der Waals surface area contributed by atoms with Crippen LogP contribution in [0.25, 0.3) is 0 Å². The second-order valence-electron chi connectivity index (χ2n) is 9.21. The summed E-state index contributed by atoms with van der Waals surface area (Å²) >= 11 is 0. The standard InChI is InChI=1S/C23H39N5O4.2ClH/c24-23(25)27-13-9-19(10-14-27)32-15-11-18-8-4-5-12-28(18)22(31)20(16-21(29)30)26-17-6-2-1-3-7-17;;/h1-2,17-20,26H,3-16H2,(H3,24,25)(H,29,30);2*1H/t17?,18?,20-;;/m0../s1. The van der Waals surface area contributed by atoms with Crippen LogP contribution in [0, 0.1) is 5.41 Å². The van der Waals surface area contributed by atoms with Crippen LogP contribution in [-0.4, -0.2) is 83.2 Å². The van der Waals surface area contributed by atoms with Crippen LogP contribution in [-0.2, 0) is 14.3 Å². The van der Waals surface area contributed by atoms with Gasteiger partial charge < -0.3 is 30.7 Å². The number of nitrogens with zero attached hydrogens (tertiary/aromatic N) is 2. The van der Waals surface area contributed by atoms with E-state index in [1.54, 1.807) is 0 Å². The minimum atomic E-state index is -0.948. The largest absolute Gasteiger partial charge is 0.481 e. The van der Waals surface area contributed by atoms with Crippen molar-refractivity contribution in [2.75, 3.05) is 26.2 Å². The lowest BCUT2D eigenvalue weighted by Crippen LogP contribution is -2.55. The van der Waals surface area contributed by atoms with Crippen molar-refractivity contribution in [2.24, 2.45) is 5.73 Å². The maximum atomic E-state index is 13.4. The Morgan fingerprint density at radius 3 is 2.47 bits per heavy atom. The van der Waals surface area contributed by atoms with Gasteiger partial charge >= 0.3 is 5.97 Å². The molecule has 2 saturated heterocycles. The monoisotopic (exact) mass is 521 g/mol. The number of carbonyl (C=O) groups excluding carboxylic acids is 1. The number of piperidine rings is 2. The highest BCUT2D eigenvalue weighted by molar-refractivity contribution is 5.86. The molecule has 0 bridgehead atoms. The zero-order valence-electron chi connectivity index (χ0n) is 19.8. The summed E-state index contributed by atoms with van der Waals surface area (Å²) in [6, 6.07) is -0.430. The van der Waals surface area contributed by atoms with Crippen molar-refractivity contribution >= 4 is 42.7 Å². The fraction of sp³-hybridized carbons (Fsp3) is 0.783. The number of carboxylic acid groups (broad SMARTS) is 1. The van der Waals surface area contributed by atoms with E-state index in [1.165, 1.54) is 0 Å². The Kier molecular flexibility index (Phi) is 13.8. The van der Waals surface area contributed by atoms with E-state index in [4.69, 9.17) is 15.9 Å². The zero-order valence-corrected chi connectivity index (χ0v) is 21.5. The number of hydrogen-bond donors (Lipinski definition) is 4. The molecule has 1 amide bonds. The Morgan fingerprint density at radius 1 is 1.12 bits per heavy atom. The molecular weight excluding hydrogens is 481 g/mol. The fourth-order valence-electron chi connectivity index (χ4n) is 5.05. The van der Waals surface area contributed by atoms with Gasteiger partial charge in [0.2, 0.25) is 5.91 Å². The molecule has 5 N–H and O–H groups in total. The number of carboxylic acids is 1. The van der Waals surface area contributed by atoms with E-state index in [9.17, 15) is 14.7 Å². The molecule has 1 aliphatic carbocycles. The van der Waals surface area contributed by atoms with E-state index in [0.717, 1.165) is 70.9 Å². The molecule has 0 spiro atoms. The van der Waals surface area contributed by atoms with Crippen LogP contribution >= 0.6 is 24.8 Å². The smallest absolute Gasteiger partial charge is 0.305 e. The predicted molar refractivity (Wildman–Crippen MR) is 137 cm³/mol. The van der Waals surface area contributed by atoms with E-state index in [2.05, 4.69) is 17.5 Å². The van der Waals surface area contributed by atoms with Crippen LogP contribution in [0.5, 0.6) is 0 Å². The van der Waals surface area contributed by atoms with Crippen molar-refractivity contribution in [3.05, 3.63) is 12.2 Å². The first-order valence-electron chi connectivity index (χ1n) is 12.1. The number of carbonyl (C=O) groups is 2. The maximum absolute atomic E-state index is 13.4. The minimum absolute atomic E-state index is 0. The molecule has 2 aliphatic heterocycles. The Balaban J connectivity index is 0.00000289. The maximum Gasteiger partial charge on any atom is 0.305 e. The third kappa shape index (κ3) is 9.24. The second kappa shape index (κ2) is 15.4. The third-order valence-corrected chi connectivity index (χ3v) is 6.88. The lowest BCUT2D eigenvalue weighted by atomic mass is 9.96. The highest BCUT2D eigenvalue weighted by Crippen LogP contribution is 2.23. The summed E-state index contributed by atoms with van der Waals surface area (Å²) < 4.78 is 6.10. The molecular formula is C23H41Cl2N5O4. The zero-order chi connectivity index (χ0) is 22.9. The van der Waals surface area contributed by atoms with E-state index < -0.39 is 12.0 Å². The number of likely N-dealkylation sites (tertiary alicyclic amines) is 2. The molecule has 11 heteroatoms. The fourth-order valence-corrected chi connectivity index (χ4v) is 5.05. The number of halogens is 2. The molecule has 3 rings (SSSR count). The van der Waals surface area contributed by atoms with Gasteiger partial charge in [-0.05, 0) is 57.8 Å². The predicted octanol–water partition coefficient (Wildman–Crippen LogP) is 2.52. The first-order chi connectivity index (χ1) is 15.4. The molecule has 0 radical (unpaired) electrons. The highest BCUT2D eigenvalue weighted by Gasteiger charge is 2.34. The summed E-state index contributed by atoms with van der Waals surface area (Å²) in [5.74, 6) is -0.911. The van der Waals surface area contributed by atoms with Crippen molar-refractivity contribution in [1.29, 1.82) is 5.41 Å². The van der Waals surface area contributed by atoms with Crippen LogP contribution in [0.3, 0.4) is 0 Å². The highest BCUT2D eigenvalue weighted by atomic mass is 35.5. The molecule has 3 atom stereocenters. The molecule has 9 nitrogen and oxygen atoms in total. The Morgan fingerprint density at radius 2 is 1.85 bits per heavy atom. The Labute approximate surface area is 215 Å². The number of aliphatic carboxylic acids is 1. The molecule has 0 aromatic heterocycles. The number of amides is 1. The molecule has 2 heterocycles. The minimum Gasteiger partial charge on any atom is -0.481 e. The molecule has 0 saturated carbocycles. The van der Waals surface area contributed by atoms with Gasteiger partial charge in [-0.25, -0.2) is 0 Å². The number of nitrogens with two attached hydrogens (primary N) is 1. The number of rotatable bonds is 9. The molecule has 2 fully saturated rings. The van der Waals surface area contributed by atoms with Crippen molar-refractivity contribution in [1.82, 2.24) is 15.1 Å². The summed E-state index contributed by atoms with van der Waals surface area (Å²) in [5.41, 5.74) is 5.55. The summed E-state index contributed by atoms with van der Waals surface area (Å²) in [6.45, 7) is 2.76. The van der Waals surface area contributed by atoms with Gasteiger partial charge in [-0.3, -0.25) is 15.0 Å². The second-order valence-corrected chi connectivity index (χ2v) is 9.21. The van der Waals surface area contributed by atoms with Gasteiger partial charge in [0.1, 0.15) is 0 Å². The molecule has 2 unspecified atom stereocenters. The Bertz CT molecular complexity index is 688. The molecule has 196 valence electrons. The topological polar surface area (TPSA) is 132 Å². The quantitative estimate of drug-likeness (QED) is 0.208. The van der Waals surface area contributed by atoms with Gasteiger partial charge in [0.15, 0.2) is 5.96 Å². The van der Waals surface area contributed by atoms with E-state index in [1.807, 2.05) is 9.80 Å². The van der Waals surface area contributed by atoms with Crippen LogP contribution in [0.2, 0.25) is 0 Å². The first-order valence-corrected chi connectivity index (χ1v) is 12.1. The van der Waals surface area contributed by atoms with Gasteiger partial charge in [0.05, 0.1) is 18.6 Å². The van der Waals surface area contributed by atoms with E-state index >= 15 is 0 Å². The SMILES string of the molecule is Cl.Cl.N=C(N)N1CCC(OCCC2CCCCN2C(=O)[C@H](CC(=O)O)NC2CC=CCC2)CC1. The molecule has 0 aromatic carbocycles. The average molecular weight is 523 g/mol. The van der Waals surface area contributed by atoms with Crippen LogP contribution < -0.4 is 11.1 Å². The van der Waals surface area contributed by atoms with Crippen molar-refractivity contribution in [3.8, 4) is 0 Å². The Hall–Kier alpha value is -1.55. The molecule has 34 heavy (non-hydrogen) atoms. The lowest BCUT2D eigenvalue weighted by Gasteiger charge is -2.39. The van der Waals surface area contributed by atoms with Crippen LogP contribution in [0.4, 0.5) is 0 Å². The number of guanidine groups is 1. The van der Waals surface area contributed by atoms with Crippen molar-refractivity contribution in [3.63, 3.8) is 0 Å². The summed E-state index contributed by atoms with van der Waals surface area (Å²) in [5, 5.41) is 20.3.